The van der Waals surface area contributed by atoms with Crippen molar-refractivity contribution in [3.63, 3.8) is 0 Å². The highest BCUT2D eigenvalue weighted by Gasteiger charge is 2.36. The highest BCUT2D eigenvalue weighted by molar-refractivity contribution is 5.98. The Morgan fingerprint density at radius 2 is 1.71 bits per heavy atom. The van der Waals surface area contributed by atoms with Crippen LogP contribution in [0.25, 0.3) is 0 Å². The summed E-state index contributed by atoms with van der Waals surface area (Å²) in [6.45, 7) is 5.04. The molecule has 1 saturated heterocycles. The minimum Gasteiger partial charge on any atom is -0.378 e. The molecular formula is C16H28N2O3. The zero-order chi connectivity index (χ0) is 15.5. The Bertz CT molecular complexity index is 367. The van der Waals surface area contributed by atoms with Gasteiger partial charge >= 0.3 is 0 Å². The quantitative estimate of drug-likeness (QED) is 0.620. The molecule has 0 aromatic carbocycles. The van der Waals surface area contributed by atoms with Crippen LogP contribution in [0.1, 0.15) is 58.8 Å². The Kier molecular flexibility index (Phi) is 5.38. The summed E-state index contributed by atoms with van der Waals surface area (Å²) in [7, 11) is 0. The molecule has 0 aromatic rings. The van der Waals surface area contributed by atoms with Crippen LogP contribution in [0.2, 0.25) is 0 Å². The molecule has 1 aliphatic carbocycles. The third-order valence-corrected chi connectivity index (χ3v) is 4.46. The Labute approximate surface area is 127 Å². The molecule has 2 N–H and O–H groups in total. The lowest BCUT2D eigenvalue weighted by Gasteiger charge is -2.34. The predicted molar refractivity (Wildman–Crippen MR) is 80.5 cm³/mol. The van der Waals surface area contributed by atoms with Crippen molar-refractivity contribution in [2.75, 3.05) is 13.2 Å². The number of piperidine rings is 1. The van der Waals surface area contributed by atoms with Crippen LogP contribution in [0.4, 0.5) is 0 Å². The van der Waals surface area contributed by atoms with Gasteiger partial charge < -0.3 is 10.5 Å². The van der Waals surface area contributed by atoms with Crippen LogP contribution in [-0.4, -0.2) is 42.0 Å². The average molecular weight is 296 g/mol. The van der Waals surface area contributed by atoms with Crippen molar-refractivity contribution in [3.8, 4) is 0 Å². The summed E-state index contributed by atoms with van der Waals surface area (Å²) in [6.07, 6.45) is 6.05. The summed E-state index contributed by atoms with van der Waals surface area (Å²) in [4.78, 5) is 25.4. The maximum atomic E-state index is 12.0. The first-order valence-electron chi connectivity index (χ1n) is 8.08. The second-order valence-corrected chi connectivity index (χ2v) is 7.22. The summed E-state index contributed by atoms with van der Waals surface area (Å²) < 4.78 is 5.83. The molecule has 2 fully saturated rings. The fourth-order valence-electron chi connectivity index (χ4n) is 3.19. The number of nitrogens with zero attached hydrogens (tertiary/aromatic N) is 1. The van der Waals surface area contributed by atoms with E-state index in [0.717, 1.165) is 32.1 Å². The van der Waals surface area contributed by atoms with Crippen molar-refractivity contribution in [2.45, 2.75) is 70.9 Å². The molecule has 120 valence electrons. The number of nitrogens with two attached hydrogens (primary N) is 1. The van der Waals surface area contributed by atoms with Gasteiger partial charge in [-0.3, -0.25) is 14.5 Å². The fraction of sp³-hybridized carbons (Fsp3) is 0.875. The van der Waals surface area contributed by atoms with Crippen molar-refractivity contribution >= 4 is 11.8 Å². The molecule has 1 aliphatic heterocycles. The summed E-state index contributed by atoms with van der Waals surface area (Å²) in [5, 5.41) is 0. The van der Waals surface area contributed by atoms with Crippen molar-refractivity contribution in [1.82, 2.24) is 4.90 Å². The van der Waals surface area contributed by atoms with Gasteiger partial charge in [0.2, 0.25) is 11.8 Å². The van der Waals surface area contributed by atoms with E-state index in [2.05, 4.69) is 0 Å². The number of carbonyl (C=O) groups excluding carboxylic acids is 2. The molecule has 5 heteroatoms. The molecule has 0 atom stereocenters. The van der Waals surface area contributed by atoms with E-state index < -0.39 is 0 Å². The highest BCUT2D eigenvalue weighted by Crippen LogP contribution is 2.31. The van der Waals surface area contributed by atoms with E-state index >= 15 is 0 Å². The number of carbonyl (C=O) groups is 2. The normalized spacial score (nSPS) is 29.8. The first-order valence-corrected chi connectivity index (χ1v) is 8.08. The third-order valence-electron chi connectivity index (χ3n) is 4.46. The van der Waals surface area contributed by atoms with Gasteiger partial charge in [-0.15, -0.1) is 0 Å². The summed E-state index contributed by atoms with van der Waals surface area (Å²) in [5.74, 6) is -0.0835. The fourth-order valence-corrected chi connectivity index (χ4v) is 3.19. The number of hydrogen-bond acceptors (Lipinski definition) is 4. The minimum atomic E-state index is -0.192. The molecule has 1 heterocycles. The van der Waals surface area contributed by atoms with Gasteiger partial charge in [-0.05, 0) is 37.5 Å². The molecular weight excluding hydrogens is 268 g/mol. The topological polar surface area (TPSA) is 72.6 Å². The summed E-state index contributed by atoms with van der Waals surface area (Å²) in [6, 6.07) is 0.330. The van der Waals surface area contributed by atoms with E-state index in [-0.39, 0.29) is 17.2 Å². The Morgan fingerprint density at radius 3 is 2.29 bits per heavy atom. The number of imide groups is 1. The monoisotopic (exact) mass is 296 g/mol. The molecule has 0 aromatic heterocycles. The van der Waals surface area contributed by atoms with E-state index in [1.165, 1.54) is 4.90 Å². The Balaban J connectivity index is 1.67. The molecule has 21 heavy (non-hydrogen) atoms. The lowest BCUT2D eigenvalue weighted by molar-refractivity contribution is -0.152. The summed E-state index contributed by atoms with van der Waals surface area (Å²) in [5.41, 5.74) is 5.67. The van der Waals surface area contributed by atoms with Crippen LogP contribution < -0.4 is 5.73 Å². The van der Waals surface area contributed by atoms with E-state index in [4.69, 9.17) is 10.5 Å². The number of ether oxygens (including phenoxy) is 1. The van der Waals surface area contributed by atoms with Crippen LogP contribution in [0, 0.1) is 5.41 Å². The van der Waals surface area contributed by atoms with Gasteiger partial charge in [0.1, 0.15) is 0 Å². The molecule has 0 radical (unpaired) electrons. The van der Waals surface area contributed by atoms with Crippen LogP contribution in [0.15, 0.2) is 0 Å². The second-order valence-electron chi connectivity index (χ2n) is 7.22. The molecule has 2 aliphatic rings. The van der Waals surface area contributed by atoms with Crippen molar-refractivity contribution in [3.05, 3.63) is 0 Å². The molecule has 0 bridgehead atoms. The average Bonchev–Trinajstić information content (AvgIpc) is 2.38. The van der Waals surface area contributed by atoms with Crippen molar-refractivity contribution < 1.29 is 14.3 Å². The summed E-state index contributed by atoms with van der Waals surface area (Å²) >= 11 is 0. The van der Waals surface area contributed by atoms with E-state index in [0.29, 0.717) is 38.1 Å². The first-order chi connectivity index (χ1) is 9.87. The van der Waals surface area contributed by atoms with Crippen LogP contribution in [-0.2, 0) is 14.3 Å². The maximum Gasteiger partial charge on any atom is 0.229 e. The number of likely N-dealkylation sites (tertiary alicyclic amines) is 1. The van der Waals surface area contributed by atoms with E-state index in [9.17, 15) is 9.59 Å². The Morgan fingerprint density at radius 1 is 1.14 bits per heavy atom. The maximum absolute atomic E-state index is 12.0. The second kappa shape index (κ2) is 6.88. The lowest BCUT2D eigenvalue weighted by atomic mass is 9.82. The largest absolute Gasteiger partial charge is 0.378 e. The van der Waals surface area contributed by atoms with Gasteiger partial charge in [-0.25, -0.2) is 0 Å². The zero-order valence-electron chi connectivity index (χ0n) is 13.3. The molecule has 0 spiro atoms. The molecule has 1 saturated carbocycles. The van der Waals surface area contributed by atoms with Crippen molar-refractivity contribution in [2.24, 2.45) is 11.1 Å². The van der Waals surface area contributed by atoms with Gasteiger partial charge in [0.05, 0.1) is 6.10 Å². The third kappa shape index (κ3) is 4.78. The first kappa shape index (κ1) is 16.4. The zero-order valence-corrected chi connectivity index (χ0v) is 13.3. The molecule has 5 nitrogen and oxygen atoms in total. The SMILES string of the molecule is CC1(C)CC(=O)N(CCCOC2CCC(N)CC2)C(=O)C1. The minimum absolute atomic E-state index is 0.0418. The standard InChI is InChI=1S/C16H28N2O3/c1-16(2)10-14(19)18(15(20)11-16)8-3-9-21-13-6-4-12(17)5-7-13/h12-13H,3-11,17H2,1-2H3. The van der Waals surface area contributed by atoms with E-state index in [1.807, 2.05) is 13.8 Å². The lowest BCUT2D eigenvalue weighted by Crippen LogP contribution is -2.46. The Hall–Kier alpha value is -0.940. The smallest absolute Gasteiger partial charge is 0.229 e. The molecule has 0 unspecified atom stereocenters. The molecule has 2 rings (SSSR count). The van der Waals surface area contributed by atoms with Gasteiger partial charge in [0.15, 0.2) is 0 Å². The van der Waals surface area contributed by atoms with Crippen LogP contribution >= 0.6 is 0 Å². The number of hydrogen-bond donors (Lipinski definition) is 1. The van der Waals surface area contributed by atoms with Gasteiger partial charge in [-0.1, -0.05) is 13.8 Å². The number of amides is 2. The highest BCUT2D eigenvalue weighted by atomic mass is 16.5. The van der Waals surface area contributed by atoms with Gasteiger partial charge in [0, 0.05) is 32.0 Å². The number of rotatable bonds is 5. The van der Waals surface area contributed by atoms with Gasteiger partial charge in [0.25, 0.3) is 0 Å². The van der Waals surface area contributed by atoms with Crippen molar-refractivity contribution in [1.29, 1.82) is 0 Å². The predicted octanol–water partition coefficient (Wildman–Crippen LogP) is 1.84. The molecule has 2 amide bonds. The van der Waals surface area contributed by atoms with Crippen LogP contribution in [0.5, 0.6) is 0 Å². The van der Waals surface area contributed by atoms with E-state index in [1.54, 1.807) is 0 Å². The van der Waals surface area contributed by atoms with Crippen LogP contribution in [0.3, 0.4) is 0 Å². The van der Waals surface area contributed by atoms with Gasteiger partial charge in [-0.2, -0.15) is 0 Å².